The van der Waals surface area contributed by atoms with Gasteiger partial charge in [0.1, 0.15) is 11.3 Å². The van der Waals surface area contributed by atoms with Crippen LogP contribution in [0.25, 0.3) is 11.2 Å². The second-order valence-electron chi connectivity index (χ2n) is 3.52. The highest BCUT2D eigenvalue weighted by atomic mass is 35.5. The summed E-state index contributed by atoms with van der Waals surface area (Å²) in [5.74, 6) is 1.68. The molecular weight excluding hydrogens is 228 g/mol. The first kappa shape index (κ1) is 11.0. The summed E-state index contributed by atoms with van der Waals surface area (Å²) in [6.45, 7) is 0. The summed E-state index contributed by atoms with van der Waals surface area (Å²) in [4.78, 5) is 8.76. The van der Waals surface area contributed by atoms with Gasteiger partial charge in [0.15, 0.2) is 5.65 Å². The molecule has 0 saturated heterocycles. The maximum atomic E-state index is 5.85. The molecule has 0 fully saturated rings. The summed E-state index contributed by atoms with van der Waals surface area (Å²) < 4.78 is 6.96. The number of hydrogen-bond donors (Lipinski definition) is 0. The van der Waals surface area contributed by atoms with Gasteiger partial charge in [-0.1, -0.05) is 0 Å². The standard InChI is InChI=1S/C10H13ClN4O/c1-14(2)15-8(6-11)12-7-4-5-9(16-3)13-10(7)15/h4-5H,6H2,1-3H3. The van der Waals surface area contributed by atoms with Crippen LogP contribution in [0, 0.1) is 0 Å². The molecule has 0 aromatic carbocycles. The van der Waals surface area contributed by atoms with E-state index in [1.807, 2.05) is 29.8 Å². The topological polar surface area (TPSA) is 43.2 Å². The van der Waals surface area contributed by atoms with Gasteiger partial charge in [-0.2, -0.15) is 4.98 Å². The average molecular weight is 241 g/mol. The fraction of sp³-hybridized carbons (Fsp3) is 0.400. The number of aromatic nitrogens is 3. The number of rotatable bonds is 3. The van der Waals surface area contributed by atoms with Crippen LogP contribution in [-0.4, -0.2) is 35.8 Å². The molecule has 5 nitrogen and oxygen atoms in total. The van der Waals surface area contributed by atoms with Gasteiger partial charge in [0.2, 0.25) is 5.88 Å². The summed E-state index contributed by atoms with van der Waals surface area (Å²) in [7, 11) is 5.42. The van der Waals surface area contributed by atoms with Gasteiger partial charge in [0.05, 0.1) is 13.0 Å². The van der Waals surface area contributed by atoms with Crippen LogP contribution in [0.15, 0.2) is 12.1 Å². The molecule has 0 spiro atoms. The zero-order chi connectivity index (χ0) is 11.7. The molecule has 6 heteroatoms. The first-order valence-corrected chi connectivity index (χ1v) is 5.36. The molecule has 16 heavy (non-hydrogen) atoms. The lowest BCUT2D eigenvalue weighted by Gasteiger charge is -2.16. The number of alkyl halides is 1. The molecule has 2 rings (SSSR count). The van der Waals surface area contributed by atoms with Gasteiger partial charge in [-0.25, -0.2) is 9.66 Å². The summed E-state index contributed by atoms with van der Waals surface area (Å²) in [5, 5.41) is 1.89. The number of methoxy groups -OCH3 is 1. The number of halogens is 1. The van der Waals surface area contributed by atoms with Crippen LogP contribution in [-0.2, 0) is 5.88 Å². The van der Waals surface area contributed by atoms with E-state index >= 15 is 0 Å². The Hall–Kier alpha value is -1.49. The zero-order valence-electron chi connectivity index (χ0n) is 9.44. The fourth-order valence-corrected chi connectivity index (χ4v) is 1.77. The van der Waals surface area contributed by atoms with Crippen LogP contribution in [0.1, 0.15) is 5.82 Å². The van der Waals surface area contributed by atoms with Crippen molar-refractivity contribution in [3.8, 4) is 5.88 Å². The number of hydrogen-bond acceptors (Lipinski definition) is 4. The van der Waals surface area contributed by atoms with Crippen LogP contribution >= 0.6 is 11.6 Å². The lowest BCUT2D eigenvalue weighted by Crippen LogP contribution is -2.26. The van der Waals surface area contributed by atoms with Crippen molar-refractivity contribution in [1.82, 2.24) is 14.6 Å². The Bertz CT molecular complexity index is 509. The summed E-state index contributed by atoms with van der Waals surface area (Å²) in [6, 6.07) is 3.66. The van der Waals surface area contributed by atoms with E-state index < -0.39 is 0 Å². The van der Waals surface area contributed by atoms with E-state index in [4.69, 9.17) is 16.3 Å². The van der Waals surface area contributed by atoms with Gasteiger partial charge >= 0.3 is 0 Å². The monoisotopic (exact) mass is 240 g/mol. The van der Waals surface area contributed by atoms with Gasteiger partial charge in [-0.3, -0.25) is 0 Å². The first-order chi connectivity index (χ1) is 7.67. The Morgan fingerprint density at radius 1 is 1.38 bits per heavy atom. The van der Waals surface area contributed by atoms with E-state index in [1.165, 1.54) is 0 Å². The van der Waals surface area contributed by atoms with Crippen molar-refractivity contribution in [1.29, 1.82) is 0 Å². The zero-order valence-corrected chi connectivity index (χ0v) is 10.2. The Kier molecular flexibility index (Phi) is 2.87. The molecule has 2 heterocycles. The predicted molar refractivity (Wildman–Crippen MR) is 63.7 cm³/mol. The molecule has 0 N–H and O–H groups in total. The lowest BCUT2D eigenvalue weighted by molar-refractivity contribution is 0.399. The predicted octanol–water partition coefficient (Wildman–Crippen LogP) is 1.38. The van der Waals surface area contributed by atoms with Crippen LogP contribution in [0.4, 0.5) is 0 Å². The fourth-order valence-electron chi connectivity index (χ4n) is 1.60. The minimum Gasteiger partial charge on any atom is -0.481 e. The molecule has 0 aliphatic carbocycles. The maximum Gasteiger partial charge on any atom is 0.215 e. The summed E-state index contributed by atoms with van der Waals surface area (Å²) in [5.41, 5.74) is 1.56. The second kappa shape index (κ2) is 4.17. The Balaban J connectivity index is 2.70. The third-order valence-corrected chi connectivity index (χ3v) is 2.49. The maximum absolute atomic E-state index is 5.85. The highest BCUT2D eigenvalue weighted by Gasteiger charge is 2.13. The minimum absolute atomic E-state index is 0.344. The molecule has 0 aliphatic heterocycles. The molecule has 2 aromatic heterocycles. The third-order valence-electron chi connectivity index (χ3n) is 2.25. The smallest absolute Gasteiger partial charge is 0.215 e. The third kappa shape index (κ3) is 1.67. The van der Waals surface area contributed by atoms with Crippen LogP contribution in [0.2, 0.25) is 0 Å². The Labute approximate surface area is 98.6 Å². The molecule has 2 aromatic rings. The molecule has 0 atom stereocenters. The van der Waals surface area contributed by atoms with Gasteiger partial charge in [-0.15, -0.1) is 11.6 Å². The van der Waals surface area contributed by atoms with Crippen molar-refractivity contribution < 1.29 is 4.74 Å². The molecule has 0 saturated carbocycles. The highest BCUT2D eigenvalue weighted by Crippen LogP contribution is 2.18. The number of nitrogens with zero attached hydrogens (tertiary/aromatic N) is 4. The Morgan fingerprint density at radius 3 is 2.69 bits per heavy atom. The quantitative estimate of drug-likeness (QED) is 0.761. The van der Waals surface area contributed by atoms with Crippen molar-refractivity contribution in [2.24, 2.45) is 0 Å². The first-order valence-electron chi connectivity index (χ1n) is 4.83. The van der Waals surface area contributed by atoms with Crippen molar-refractivity contribution in [3.05, 3.63) is 18.0 Å². The van der Waals surface area contributed by atoms with Gasteiger partial charge < -0.3 is 9.75 Å². The molecule has 0 radical (unpaired) electrons. The van der Waals surface area contributed by atoms with Crippen molar-refractivity contribution >= 4 is 22.8 Å². The van der Waals surface area contributed by atoms with Crippen molar-refractivity contribution in [2.45, 2.75) is 5.88 Å². The SMILES string of the molecule is COc1ccc2nc(CCl)n(N(C)C)c2n1. The van der Waals surface area contributed by atoms with E-state index in [2.05, 4.69) is 9.97 Å². The van der Waals surface area contributed by atoms with E-state index in [0.717, 1.165) is 17.0 Å². The van der Waals surface area contributed by atoms with Crippen LogP contribution < -0.4 is 9.75 Å². The average Bonchev–Trinajstić information content (AvgIpc) is 2.65. The van der Waals surface area contributed by atoms with Crippen LogP contribution in [0.5, 0.6) is 5.88 Å². The van der Waals surface area contributed by atoms with Gasteiger partial charge in [0, 0.05) is 20.2 Å². The Morgan fingerprint density at radius 2 is 2.12 bits per heavy atom. The van der Waals surface area contributed by atoms with Crippen molar-refractivity contribution in [2.75, 3.05) is 26.2 Å². The number of imidazole rings is 1. The van der Waals surface area contributed by atoms with Crippen molar-refractivity contribution in [3.63, 3.8) is 0 Å². The molecule has 0 aliphatic rings. The molecule has 0 unspecified atom stereocenters. The van der Waals surface area contributed by atoms with E-state index in [1.54, 1.807) is 13.2 Å². The molecule has 0 bridgehead atoms. The molecular formula is C10H13ClN4O. The van der Waals surface area contributed by atoms with Gasteiger partial charge in [-0.05, 0) is 6.07 Å². The second-order valence-corrected chi connectivity index (χ2v) is 3.78. The van der Waals surface area contributed by atoms with Crippen LogP contribution in [0.3, 0.4) is 0 Å². The normalized spacial score (nSPS) is 10.8. The number of pyridine rings is 1. The molecule has 86 valence electrons. The number of ether oxygens (including phenoxy) is 1. The highest BCUT2D eigenvalue weighted by molar-refractivity contribution is 6.16. The van der Waals surface area contributed by atoms with E-state index in [9.17, 15) is 0 Å². The number of fused-ring (bicyclic) bond motifs is 1. The largest absolute Gasteiger partial charge is 0.481 e. The van der Waals surface area contributed by atoms with E-state index in [-0.39, 0.29) is 0 Å². The minimum atomic E-state index is 0.344. The van der Waals surface area contributed by atoms with E-state index in [0.29, 0.717) is 11.8 Å². The molecule has 0 amide bonds. The summed E-state index contributed by atoms with van der Waals surface area (Å²) in [6.07, 6.45) is 0. The van der Waals surface area contributed by atoms with Gasteiger partial charge in [0.25, 0.3) is 0 Å². The lowest BCUT2D eigenvalue weighted by atomic mass is 10.4. The summed E-state index contributed by atoms with van der Waals surface area (Å²) >= 11 is 5.85.